The number of hydrogen-bond donors (Lipinski definition) is 0. The third kappa shape index (κ3) is 8.93. The molecule has 0 spiro atoms. The van der Waals surface area contributed by atoms with Gasteiger partial charge >= 0.3 is 0 Å². The van der Waals surface area contributed by atoms with Crippen LogP contribution in [0.1, 0.15) is 79.1 Å². The zero-order valence-corrected chi connectivity index (χ0v) is 12.9. The molecule has 0 rings (SSSR count). The van der Waals surface area contributed by atoms with E-state index in [-0.39, 0.29) is 0 Å². The quantitative estimate of drug-likeness (QED) is 0.442. The van der Waals surface area contributed by atoms with Crippen molar-refractivity contribution in [1.82, 2.24) is 0 Å². The summed E-state index contributed by atoms with van der Waals surface area (Å²) in [5.41, 5.74) is 0. The lowest BCUT2D eigenvalue weighted by atomic mass is 9.96. The third-order valence-electron chi connectivity index (χ3n) is 3.86. The Labute approximate surface area is 114 Å². The maximum atomic E-state index is 11.8. The highest BCUT2D eigenvalue weighted by molar-refractivity contribution is 4.60. The monoisotopic (exact) mass is 257 g/mol. The molecule has 3 atom stereocenters. The van der Waals surface area contributed by atoms with Crippen LogP contribution in [0.5, 0.6) is 0 Å². The summed E-state index contributed by atoms with van der Waals surface area (Å²) in [7, 11) is 0. The van der Waals surface area contributed by atoms with Crippen molar-refractivity contribution in [3.05, 3.63) is 0 Å². The van der Waals surface area contributed by atoms with Gasteiger partial charge in [-0.05, 0) is 18.3 Å². The lowest BCUT2D eigenvalue weighted by Crippen LogP contribution is -2.20. The molecule has 2 heteroatoms. The van der Waals surface area contributed by atoms with Gasteiger partial charge in [0.1, 0.15) is 0 Å². The molecule has 0 bridgehead atoms. The Kier molecular flexibility index (Phi) is 11.9. The summed E-state index contributed by atoms with van der Waals surface area (Å²) >= 11 is 0. The SMILES string of the molecule is CCCCC(CC)COC([O])CC(CC)CCC. The molecule has 0 N–H and O–H groups in total. The van der Waals surface area contributed by atoms with Gasteiger partial charge < -0.3 is 4.74 Å². The molecule has 0 amide bonds. The molecule has 18 heavy (non-hydrogen) atoms. The van der Waals surface area contributed by atoms with E-state index in [4.69, 9.17) is 4.74 Å². The lowest BCUT2D eigenvalue weighted by molar-refractivity contribution is -0.159. The highest BCUT2D eigenvalue weighted by Gasteiger charge is 2.16. The second kappa shape index (κ2) is 12.0. The van der Waals surface area contributed by atoms with E-state index < -0.39 is 6.29 Å². The van der Waals surface area contributed by atoms with Crippen LogP contribution in [0.4, 0.5) is 0 Å². The van der Waals surface area contributed by atoms with Gasteiger partial charge in [-0.25, -0.2) is 5.11 Å². The van der Waals surface area contributed by atoms with Crippen LogP contribution in [-0.2, 0) is 9.84 Å². The molecule has 0 heterocycles. The van der Waals surface area contributed by atoms with Gasteiger partial charge in [0.15, 0.2) is 6.29 Å². The van der Waals surface area contributed by atoms with Crippen molar-refractivity contribution in [3.8, 4) is 0 Å². The van der Waals surface area contributed by atoms with Crippen molar-refractivity contribution in [2.45, 2.75) is 85.4 Å². The molecule has 0 aliphatic carbocycles. The smallest absolute Gasteiger partial charge is 0.191 e. The zero-order chi connectivity index (χ0) is 13.8. The summed E-state index contributed by atoms with van der Waals surface area (Å²) < 4.78 is 5.52. The first-order valence-corrected chi connectivity index (χ1v) is 7.95. The fourth-order valence-electron chi connectivity index (χ4n) is 2.38. The Balaban J connectivity index is 3.81. The van der Waals surface area contributed by atoms with Crippen LogP contribution in [0.2, 0.25) is 0 Å². The van der Waals surface area contributed by atoms with Crippen molar-refractivity contribution in [1.29, 1.82) is 0 Å². The highest BCUT2D eigenvalue weighted by Crippen LogP contribution is 2.20. The van der Waals surface area contributed by atoms with Crippen molar-refractivity contribution in [2.75, 3.05) is 6.61 Å². The first kappa shape index (κ1) is 17.9. The summed E-state index contributed by atoms with van der Waals surface area (Å²) in [6.07, 6.45) is 8.11. The van der Waals surface area contributed by atoms with Gasteiger partial charge in [0.25, 0.3) is 0 Å². The van der Waals surface area contributed by atoms with Gasteiger partial charge in [-0.15, -0.1) is 0 Å². The Morgan fingerprint density at radius 1 is 0.889 bits per heavy atom. The summed E-state index contributed by atoms with van der Waals surface area (Å²) in [5, 5.41) is 11.8. The first-order valence-electron chi connectivity index (χ1n) is 7.95. The van der Waals surface area contributed by atoms with E-state index in [1.165, 1.54) is 25.7 Å². The van der Waals surface area contributed by atoms with Crippen molar-refractivity contribution in [2.24, 2.45) is 11.8 Å². The predicted octanol–water partition coefficient (Wildman–Crippen LogP) is 5.19. The van der Waals surface area contributed by atoms with Crippen molar-refractivity contribution < 1.29 is 9.84 Å². The summed E-state index contributed by atoms with van der Waals surface area (Å²) in [6, 6.07) is 0. The van der Waals surface area contributed by atoms with E-state index in [0.717, 1.165) is 19.3 Å². The van der Waals surface area contributed by atoms with E-state index >= 15 is 0 Å². The van der Waals surface area contributed by atoms with Gasteiger partial charge in [0.2, 0.25) is 0 Å². The predicted molar refractivity (Wildman–Crippen MR) is 77.0 cm³/mol. The molecule has 0 aromatic rings. The summed E-state index contributed by atoms with van der Waals surface area (Å²) in [6.45, 7) is 9.41. The molecule has 0 aromatic carbocycles. The standard InChI is InChI=1S/C16H33O2/c1-5-9-11-15(8-4)13-18-16(17)12-14(7-3)10-6-2/h14-16H,5-13H2,1-4H3. The second-order valence-electron chi connectivity index (χ2n) is 5.48. The highest BCUT2D eigenvalue weighted by atomic mass is 16.6. The fraction of sp³-hybridized carbons (Fsp3) is 1.00. The van der Waals surface area contributed by atoms with Gasteiger partial charge in [0, 0.05) is 6.42 Å². The fourth-order valence-corrected chi connectivity index (χ4v) is 2.38. The summed E-state index contributed by atoms with van der Waals surface area (Å²) in [4.78, 5) is 0. The van der Waals surface area contributed by atoms with Crippen molar-refractivity contribution in [3.63, 3.8) is 0 Å². The number of hydrogen-bond acceptors (Lipinski definition) is 1. The molecular formula is C16H33O2. The zero-order valence-electron chi connectivity index (χ0n) is 12.9. The van der Waals surface area contributed by atoms with E-state index in [2.05, 4.69) is 27.7 Å². The molecule has 0 aromatic heterocycles. The maximum absolute atomic E-state index is 11.8. The second-order valence-corrected chi connectivity index (χ2v) is 5.48. The lowest BCUT2D eigenvalue weighted by Gasteiger charge is -2.20. The van der Waals surface area contributed by atoms with Crippen LogP contribution < -0.4 is 0 Å². The minimum atomic E-state index is -0.808. The van der Waals surface area contributed by atoms with Crippen LogP contribution in [0.25, 0.3) is 0 Å². The average molecular weight is 257 g/mol. The first-order chi connectivity index (χ1) is 8.67. The van der Waals surface area contributed by atoms with E-state index in [1.807, 2.05) is 0 Å². The Morgan fingerprint density at radius 3 is 2.06 bits per heavy atom. The van der Waals surface area contributed by atoms with E-state index in [1.54, 1.807) is 0 Å². The van der Waals surface area contributed by atoms with Gasteiger partial charge in [-0.1, -0.05) is 66.2 Å². The molecule has 109 valence electrons. The van der Waals surface area contributed by atoms with Crippen LogP contribution in [-0.4, -0.2) is 12.9 Å². The molecule has 2 nitrogen and oxygen atoms in total. The third-order valence-corrected chi connectivity index (χ3v) is 3.86. The molecular weight excluding hydrogens is 224 g/mol. The maximum Gasteiger partial charge on any atom is 0.191 e. The summed E-state index contributed by atoms with van der Waals surface area (Å²) in [5.74, 6) is 1.13. The molecule has 3 unspecified atom stereocenters. The molecule has 0 fully saturated rings. The van der Waals surface area contributed by atoms with Crippen LogP contribution >= 0.6 is 0 Å². The molecule has 1 radical (unpaired) electrons. The van der Waals surface area contributed by atoms with Crippen LogP contribution in [0.3, 0.4) is 0 Å². The van der Waals surface area contributed by atoms with Gasteiger partial charge in [-0.2, -0.15) is 0 Å². The van der Waals surface area contributed by atoms with E-state index in [0.29, 0.717) is 24.9 Å². The molecule has 0 saturated heterocycles. The van der Waals surface area contributed by atoms with E-state index in [9.17, 15) is 5.11 Å². The van der Waals surface area contributed by atoms with Crippen LogP contribution in [0.15, 0.2) is 0 Å². The Bertz CT molecular complexity index is 170. The van der Waals surface area contributed by atoms with Crippen molar-refractivity contribution >= 4 is 0 Å². The number of unbranched alkanes of at least 4 members (excludes halogenated alkanes) is 1. The average Bonchev–Trinajstić information content (AvgIpc) is 2.38. The topological polar surface area (TPSA) is 29.1 Å². The van der Waals surface area contributed by atoms with Gasteiger partial charge in [-0.3, -0.25) is 0 Å². The minimum Gasteiger partial charge on any atom is -0.349 e. The number of ether oxygens (including phenoxy) is 1. The largest absolute Gasteiger partial charge is 0.349 e. The minimum absolute atomic E-state index is 0.549. The van der Waals surface area contributed by atoms with Gasteiger partial charge in [0.05, 0.1) is 6.61 Å². The molecule has 0 aliphatic rings. The Hall–Kier alpha value is -0.0800. The molecule has 0 saturated carbocycles. The normalized spacial score (nSPS) is 16.5. The molecule has 0 aliphatic heterocycles. The van der Waals surface area contributed by atoms with Crippen LogP contribution in [0, 0.1) is 11.8 Å². The number of rotatable bonds is 12. The Morgan fingerprint density at radius 2 is 1.56 bits per heavy atom.